The van der Waals surface area contributed by atoms with Crippen molar-refractivity contribution in [1.29, 1.82) is 0 Å². The van der Waals surface area contributed by atoms with E-state index in [-0.39, 0.29) is 24.3 Å². The molecule has 0 aliphatic carbocycles. The van der Waals surface area contributed by atoms with Gasteiger partial charge in [-0.05, 0) is 88.0 Å². The zero-order chi connectivity index (χ0) is 23.9. The minimum Gasteiger partial charge on any atom is -0.493 e. The van der Waals surface area contributed by atoms with Crippen molar-refractivity contribution in [3.63, 3.8) is 0 Å². The largest absolute Gasteiger partial charge is 0.493 e. The number of rotatable bonds is 9. The molecular weight excluding hydrogens is 565 g/mol. The first-order chi connectivity index (χ1) is 16.5. The van der Waals surface area contributed by atoms with Crippen molar-refractivity contribution in [3.8, 4) is 17.2 Å². The first-order valence-electron chi connectivity index (χ1n) is 10.5. The first kappa shape index (κ1) is 24.2. The number of amides is 2. The van der Waals surface area contributed by atoms with E-state index in [1.807, 2.05) is 60.7 Å². The maximum Gasteiger partial charge on any atom is 0.293 e. The van der Waals surface area contributed by atoms with Gasteiger partial charge in [0, 0.05) is 3.57 Å². The molecule has 0 atom stereocenters. The van der Waals surface area contributed by atoms with E-state index in [2.05, 4.69) is 22.6 Å². The second kappa shape index (κ2) is 11.4. The summed E-state index contributed by atoms with van der Waals surface area (Å²) in [4.78, 5) is 26.7. The summed E-state index contributed by atoms with van der Waals surface area (Å²) in [5, 5.41) is -0.308. The van der Waals surface area contributed by atoms with Gasteiger partial charge in [-0.15, -0.1) is 0 Å². The van der Waals surface area contributed by atoms with Crippen LogP contribution in [0.1, 0.15) is 11.1 Å². The Labute approximate surface area is 216 Å². The Bertz CT molecular complexity index is 1200. The van der Waals surface area contributed by atoms with Crippen LogP contribution in [-0.2, 0) is 11.4 Å². The molecule has 0 unspecified atom stereocenters. The molecular formula is C26H22INO5S. The molecule has 0 aromatic heterocycles. The van der Waals surface area contributed by atoms with Crippen LogP contribution in [0.3, 0.4) is 0 Å². The van der Waals surface area contributed by atoms with Gasteiger partial charge >= 0.3 is 0 Å². The van der Waals surface area contributed by atoms with Crippen LogP contribution in [0.25, 0.3) is 6.08 Å². The van der Waals surface area contributed by atoms with E-state index >= 15 is 0 Å². The van der Waals surface area contributed by atoms with Crippen molar-refractivity contribution >= 4 is 51.6 Å². The highest BCUT2D eigenvalue weighted by Gasteiger charge is 2.34. The number of para-hydroxylation sites is 1. The maximum atomic E-state index is 12.8. The van der Waals surface area contributed by atoms with E-state index in [0.717, 1.165) is 26.5 Å². The SMILES string of the molecule is COc1cc(/C=C2\SC(=O)N(CCOc3ccccc3)C2=O)ccc1OCc1ccc(I)cc1. The molecule has 8 heteroatoms. The van der Waals surface area contributed by atoms with Crippen LogP contribution < -0.4 is 14.2 Å². The average molecular weight is 587 g/mol. The van der Waals surface area contributed by atoms with Crippen molar-refractivity contribution in [2.24, 2.45) is 0 Å². The molecule has 1 aliphatic heterocycles. The van der Waals surface area contributed by atoms with E-state index in [9.17, 15) is 9.59 Å². The number of methoxy groups -OCH3 is 1. The van der Waals surface area contributed by atoms with Gasteiger partial charge in [0.1, 0.15) is 19.0 Å². The molecule has 0 N–H and O–H groups in total. The van der Waals surface area contributed by atoms with Gasteiger partial charge in [0.2, 0.25) is 0 Å². The Morgan fingerprint density at radius 3 is 2.44 bits per heavy atom. The monoisotopic (exact) mass is 587 g/mol. The molecule has 0 saturated carbocycles. The lowest BCUT2D eigenvalue weighted by Crippen LogP contribution is -2.32. The summed E-state index contributed by atoms with van der Waals surface area (Å²) in [7, 11) is 1.57. The fourth-order valence-corrected chi connectivity index (χ4v) is 4.48. The molecule has 1 heterocycles. The highest BCUT2D eigenvalue weighted by atomic mass is 127. The van der Waals surface area contributed by atoms with Gasteiger partial charge in [0.05, 0.1) is 18.6 Å². The molecule has 3 aromatic rings. The predicted octanol–water partition coefficient (Wildman–Crippen LogP) is 5.99. The fraction of sp³-hybridized carbons (Fsp3) is 0.154. The van der Waals surface area contributed by atoms with Crippen LogP contribution in [0, 0.1) is 3.57 Å². The zero-order valence-electron chi connectivity index (χ0n) is 18.4. The minimum atomic E-state index is -0.329. The lowest BCUT2D eigenvalue weighted by atomic mass is 10.1. The molecule has 3 aromatic carbocycles. The predicted molar refractivity (Wildman–Crippen MR) is 141 cm³/mol. The molecule has 6 nitrogen and oxygen atoms in total. The number of nitrogens with zero attached hydrogens (tertiary/aromatic N) is 1. The van der Waals surface area contributed by atoms with Crippen LogP contribution in [0.15, 0.2) is 77.7 Å². The quantitative estimate of drug-likeness (QED) is 0.226. The number of halogens is 1. The topological polar surface area (TPSA) is 65.1 Å². The first-order valence-corrected chi connectivity index (χ1v) is 12.4. The molecule has 0 radical (unpaired) electrons. The normalized spacial score (nSPS) is 14.5. The van der Waals surface area contributed by atoms with Crippen LogP contribution in [-0.4, -0.2) is 36.3 Å². The molecule has 174 valence electrons. The van der Waals surface area contributed by atoms with Crippen LogP contribution in [0.5, 0.6) is 17.2 Å². The summed E-state index contributed by atoms with van der Waals surface area (Å²) in [5.74, 6) is 1.52. The van der Waals surface area contributed by atoms with E-state index in [4.69, 9.17) is 14.2 Å². The molecule has 2 amide bonds. The average Bonchev–Trinajstić information content (AvgIpc) is 3.12. The molecule has 1 fully saturated rings. The second-order valence-electron chi connectivity index (χ2n) is 7.32. The van der Waals surface area contributed by atoms with E-state index in [0.29, 0.717) is 28.8 Å². The number of imide groups is 1. The maximum absolute atomic E-state index is 12.8. The molecule has 1 saturated heterocycles. The third-order valence-electron chi connectivity index (χ3n) is 4.99. The number of thioether (sulfide) groups is 1. The summed E-state index contributed by atoms with van der Waals surface area (Å²) in [6, 6.07) is 22.8. The van der Waals surface area contributed by atoms with E-state index in [1.54, 1.807) is 25.3 Å². The summed E-state index contributed by atoms with van der Waals surface area (Å²) in [6.45, 7) is 0.831. The second-order valence-corrected chi connectivity index (χ2v) is 9.56. The lowest BCUT2D eigenvalue weighted by molar-refractivity contribution is -0.123. The highest BCUT2D eigenvalue weighted by Crippen LogP contribution is 2.34. The summed E-state index contributed by atoms with van der Waals surface area (Å²) < 4.78 is 18.2. The number of carbonyl (C=O) groups is 2. The van der Waals surface area contributed by atoms with Crippen molar-refractivity contribution in [2.45, 2.75) is 6.61 Å². The Hall–Kier alpha value is -2.98. The number of carbonyl (C=O) groups excluding carboxylic acids is 2. The van der Waals surface area contributed by atoms with Crippen molar-refractivity contribution < 1.29 is 23.8 Å². The van der Waals surface area contributed by atoms with E-state index < -0.39 is 0 Å². The van der Waals surface area contributed by atoms with Crippen molar-refractivity contribution in [3.05, 3.63) is 92.4 Å². The number of hydrogen-bond acceptors (Lipinski definition) is 6. The third kappa shape index (κ3) is 6.12. The van der Waals surface area contributed by atoms with Gasteiger partial charge in [-0.25, -0.2) is 0 Å². The highest BCUT2D eigenvalue weighted by molar-refractivity contribution is 14.1. The minimum absolute atomic E-state index is 0.186. The number of hydrogen-bond donors (Lipinski definition) is 0. The summed E-state index contributed by atoms with van der Waals surface area (Å²) >= 11 is 3.18. The van der Waals surface area contributed by atoms with Crippen LogP contribution in [0.2, 0.25) is 0 Å². The molecule has 0 bridgehead atoms. The molecule has 0 spiro atoms. The number of benzene rings is 3. The Morgan fingerprint density at radius 2 is 1.71 bits per heavy atom. The van der Waals surface area contributed by atoms with Gasteiger partial charge in [0.25, 0.3) is 11.1 Å². The van der Waals surface area contributed by atoms with Gasteiger partial charge in [-0.3, -0.25) is 14.5 Å². The van der Waals surface area contributed by atoms with Crippen molar-refractivity contribution in [1.82, 2.24) is 4.90 Å². The Kier molecular flexibility index (Phi) is 8.12. The standard InChI is InChI=1S/C26H22INO5S/c1-31-23-15-19(9-12-22(23)33-17-18-7-10-20(27)11-8-18)16-24-25(29)28(26(30)34-24)13-14-32-21-5-3-2-4-6-21/h2-12,15-16H,13-14,17H2,1H3/b24-16-. The van der Waals surface area contributed by atoms with E-state index in [1.165, 1.54) is 4.90 Å². The molecule has 4 rings (SSSR count). The van der Waals surface area contributed by atoms with Crippen molar-refractivity contribution in [2.75, 3.05) is 20.3 Å². The number of ether oxygens (including phenoxy) is 3. The summed E-state index contributed by atoms with van der Waals surface area (Å²) in [5.41, 5.74) is 1.79. The molecule has 1 aliphatic rings. The van der Waals surface area contributed by atoms with Gasteiger partial charge < -0.3 is 14.2 Å². The third-order valence-corrected chi connectivity index (χ3v) is 6.62. The van der Waals surface area contributed by atoms with Crippen LogP contribution >= 0.6 is 34.4 Å². The molecule has 34 heavy (non-hydrogen) atoms. The van der Waals surface area contributed by atoms with Gasteiger partial charge in [-0.2, -0.15) is 0 Å². The van der Waals surface area contributed by atoms with Crippen LogP contribution in [0.4, 0.5) is 4.79 Å². The Morgan fingerprint density at radius 1 is 0.941 bits per heavy atom. The van der Waals surface area contributed by atoms with Gasteiger partial charge in [-0.1, -0.05) is 36.4 Å². The van der Waals surface area contributed by atoms with Gasteiger partial charge in [0.15, 0.2) is 11.5 Å². The lowest BCUT2D eigenvalue weighted by Gasteiger charge is -2.13. The Balaban J connectivity index is 1.39. The smallest absolute Gasteiger partial charge is 0.293 e. The fourth-order valence-electron chi connectivity index (χ4n) is 3.25. The zero-order valence-corrected chi connectivity index (χ0v) is 21.4. The summed E-state index contributed by atoms with van der Waals surface area (Å²) in [6.07, 6.45) is 1.69.